The Morgan fingerprint density at radius 2 is 2.00 bits per heavy atom. The summed E-state index contributed by atoms with van der Waals surface area (Å²) in [4.78, 5) is 16.6. The van der Waals surface area contributed by atoms with E-state index >= 15 is 0 Å². The van der Waals surface area contributed by atoms with Crippen LogP contribution in [0.4, 0.5) is 10.1 Å². The highest BCUT2D eigenvalue weighted by atomic mass is 35.5. The number of amides is 1. The lowest BCUT2D eigenvalue weighted by atomic mass is 10.1. The first-order valence-corrected chi connectivity index (χ1v) is 12.8. The van der Waals surface area contributed by atoms with E-state index in [1.807, 2.05) is 0 Å². The third-order valence-electron chi connectivity index (χ3n) is 5.40. The lowest BCUT2D eigenvalue weighted by molar-refractivity contribution is -0.132. The Morgan fingerprint density at radius 1 is 1.29 bits per heavy atom. The number of aliphatic hydroxyl groups excluding tert-OH is 1. The monoisotopic (exact) mass is 511 g/mol. The van der Waals surface area contributed by atoms with Gasteiger partial charge in [-0.25, -0.2) is 12.8 Å². The number of hydrogen-bond donors (Lipinski definition) is 2. The maximum absolute atomic E-state index is 13.1. The van der Waals surface area contributed by atoms with Crippen LogP contribution in [0.1, 0.15) is 11.1 Å². The van der Waals surface area contributed by atoms with Gasteiger partial charge in [0.1, 0.15) is 11.6 Å². The maximum atomic E-state index is 13.1. The van der Waals surface area contributed by atoms with Gasteiger partial charge < -0.3 is 14.7 Å². The molecule has 34 heavy (non-hydrogen) atoms. The number of hydrogen-bond acceptors (Lipinski definition) is 6. The summed E-state index contributed by atoms with van der Waals surface area (Å²) >= 11 is 6.12. The molecule has 1 fully saturated rings. The maximum Gasteiger partial charge on any atom is 0.246 e. The van der Waals surface area contributed by atoms with Crippen molar-refractivity contribution in [3.8, 4) is 5.75 Å². The van der Waals surface area contributed by atoms with Crippen LogP contribution in [0.5, 0.6) is 5.75 Å². The molecule has 0 spiro atoms. The first-order chi connectivity index (χ1) is 16.1. The molecule has 11 heteroatoms. The number of benzene rings is 2. The van der Waals surface area contributed by atoms with Crippen LogP contribution in [0.25, 0.3) is 6.08 Å². The van der Waals surface area contributed by atoms with Crippen LogP contribution in [0, 0.1) is 5.82 Å². The first-order valence-electron chi connectivity index (χ1n) is 10.5. The lowest BCUT2D eigenvalue weighted by Crippen LogP contribution is -2.55. The van der Waals surface area contributed by atoms with E-state index < -0.39 is 16.1 Å². The van der Waals surface area contributed by atoms with Crippen LogP contribution < -0.4 is 9.46 Å². The van der Waals surface area contributed by atoms with Crippen molar-refractivity contribution in [2.75, 3.05) is 44.3 Å². The van der Waals surface area contributed by atoms with Gasteiger partial charge in [0, 0.05) is 37.8 Å². The number of ether oxygens (including phenoxy) is 1. The van der Waals surface area contributed by atoms with Crippen molar-refractivity contribution in [1.82, 2.24) is 9.80 Å². The average molecular weight is 512 g/mol. The molecular formula is C23H27ClFN3O5S. The normalized spacial score (nSPS) is 17.2. The number of nitrogens with zero attached hydrogens (tertiary/aromatic N) is 2. The number of carbonyl (C=O) groups excluding carboxylic acids is 1. The van der Waals surface area contributed by atoms with Crippen molar-refractivity contribution in [3.63, 3.8) is 0 Å². The quantitative estimate of drug-likeness (QED) is 0.529. The number of methoxy groups -OCH3 is 1. The summed E-state index contributed by atoms with van der Waals surface area (Å²) in [5, 5.41) is 10.1. The van der Waals surface area contributed by atoms with Gasteiger partial charge in [0.05, 0.1) is 36.7 Å². The van der Waals surface area contributed by atoms with Crippen LogP contribution in [-0.2, 0) is 21.4 Å². The Labute approximate surface area is 203 Å². The SMILES string of the molecule is COc1cc(/C=C/C(=O)N2CCN(Cc3ccc(F)cc3)C[C@H]2CO)c(NS(C)(=O)=O)cc1Cl. The highest BCUT2D eigenvalue weighted by Gasteiger charge is 2.29. The minimum atomic E-state index is -3.58. The van der Waals surface area contributed by atoms with Crippen LogP contribution >= 0.6 is 11.6 Å². The average Bonchev–Trinajstić information content (AvgIpc) is 2.78. The fraction of sp³-hybridized carbons (Fsp3) is 0.348. The predicted molar refractivity (Wildman–Crippen MR) is 130 cm³/mol. The standard InChI is InChI=1S/C23H27ClFN3O5S/c1-33-22-11-17(21(12-20(22)24)26-34(2,31)32)5-8-23(30)28-10-9-27(14-19(28)15-29)13-16-3-6-18(25)7-4-16/h3-8,11-12,19,26,29H,9-10,13-15H2,1-2H3/b8-5+/t19-/m0/s1. The Morgan fingerprint density at radius 3 is 2.62 bits per heavy atom. The first kappa shape index (κ1) is 26.0. The minimum Gasteiger partial charge on any atom is -0.495 e. The molecule has 0 bridgehead atoms. The van der Waals surface area contributed by atoms with E-state index in [0.29, 0.717) is 37.5 Å². The van der Waals surface area contributed by atoms with Gasteiger partial charge in [-0.3, -0.25) is 14.4 Å². The van der Waals surface area contributed by atoms with Crippen LogP contribution in [0.2, 0.25) is 5.02 Å². The van der Waals surface area contributed by atoms with Gasteiger partial charge in [0.2, 0.25) is 15.9 Å². The number of anilines is 1. The smallest absolute Gasteiger partial charge is 0.246 e. The third kappa shape index (κ3) is 6.92. The van der Waals surface area contributed by atoms with Gasteiger partial charge in [-0.15, -0.1) is 0 Å². The molecule has 0 radical (unpaired) electrons. The number of piperazine rings is 1. The van der Waals surface area contributed by atoms with Gasteiger partial charge in [-0.05, 0) is 35.9 Å². The van der Waals surface area contributed by atoms with Crippen molar-refractivity contribution in [1.29, 1.82) is 0 Å². The predicted octanol–water partition coefficient (Wildman–Crippen LogP) is 2.58. The van der Waals surface area contributed by atoms with Crippen LogP contribution in [0.15, 0.2) is 42.5 Å². The van der Waals surface area contributed by atoms with Crippen molar-refractivity contribution >= 4 is 39.3 Å². The van der Waals surface area contributed by atoms with E-state index in [2.05, 4.69) is 9.62 Å². The lowest BCUT2D eigenvalue weighted by Gasteiger charge is -2.40. The molecule has 0 aromatic heterocycles. The Balaban J connectivity index is 1.73. The van der Waals surface area contributed by atoms with Gasteiger partial charge >= 0.3 is 0 Å². The zero-order valence-electron chi connectivity index (χ0n) is 18.9. The molecule has 1 aliphatic heterocycles. The van der Waals surface area contributed by atoms with Crippen molar-refractivity contribution in [2.24, 2.45) is 0 Å². The fourth-order valence-electron chi connectivity index (χ4n) is 3.77. The molecule has 2 aromatic rings. The Bertz CT molecular complexity index is 1160. The summed E-state index contributed by atoms with van der Waals surface area (Å²) in [5.41, 5.74) is 1.55. The largest absolute Gasteiger partial charge is 0.495 e. The fourth-order valence-corrected chi connectivity index (χ4v) is 4.58. The molecular weight excluding hydrogens is 485 g/mol. The van der Waals surface area contributed by atoms with E-state index in [1.165, 1.54) is 43.5 Å². The number of nitrogens with one attached hydrogen (secondary N) is 1. The van der Waals surface area contributed by atoms with E-state index in [4.69, 9.17) is 16.3 Å². The van der Waals surface area contributed by atoms with E-state index in [9.17, 15) is 22.7 Å². The number of halogens is 2. The molecule has 184 valence electrons. The molecule has 2 N–H and O–H groups in total. The molecule has 2 aromatic carbocycles. The third-order valence-corrected chi connectivity index (χ3v) is 6.29. The molecule has 8 nitrogen and oxygen atoms in total. The van der Waals surface area contributed by atoms with Crippen molar-refractivity contribution in [2.45, 2.75) is 12.6 Å². The van der Waals surface area contributed by atoms with Crippen molar-refractivity contribution in [3.05, 3.63) is 64.4 Å². The molecule has 1 atom stereocenters. The number of rotatable bonds is 8. The zero-order chi connectivity index (χ0) is 24.9. The van der Waals surface area contributed by atoms with Crippen molar-refractivity contribution < 1.29 is 27.4 Å². The molecule has 0 aliphatic carbocycles. The second-order valence-electron chi connectivity index (χ2n) is 8.01. The van der Waals surface area contributed by atoms with Crippen LogP contribution in [-0.4, -0.2) is 74.9 Å². The second kappa shape index (κ2) is 11.2. The topological polar surface area (TPSA) is 99.2 Å². The minimum absolute atomic E-state index is 0.208. The molecule has 1 aliphatic rings. The Hall–Kier alpha value is -2.66. The molecule has 1 saturated heterocycles. The highest BCUT2D eigenvalue weighted by molar-refractivity contribution is 7.92. The molecule has 0 saturated carbocycles. The van der Waals surface area contributed by atoms with Crippen LogP contribution in [0.3, 0.4) is 0 Å². The summed E-state index contributed by atoms with van der Waals surface area (Å²) in [6.07, 6.45) is 3.82. The molecule has 1 amide bonds. The van der Waals surface area contributed by atoms with Gasteiger partial charge in [-0.1, -0.05) is 23.7 Å². The van der Waals surface area contributed by atoms with E-state index in [1.54, 1.807) is 17.0 Å². The summed E-state index contributed by atoms with van der Waals surface area (Å²) in [5.74, 6) is -0.289. The van der Waals surface area contributed by atoms with Gasteiger partial charge in [0.25, 0.3) is 0 Å². The van der Waals surface area contributed by atoms with Gasteiger partial charge in [0.15, 0.2) is 0 Å². The summed E-state index contributed by atoms with van der Waals surface area (Å²) < 4.78 is 44.2. The molecule has 0 unspecified atom stereocenters. The van der Waals surface area contributed by atoms with Gasteiger partial charge in [-0.2, -0.15) is 0 Å². The number of sulfonamides is 1. The number of carbonyl (C=O) groups is 1. The zero-order valence-corrected chi connectivity index (χ0v) is 20.4. The highest BCUT2D eigenvalue weighted by Crippen LogP contribution is 2.32. The summed E-state index contributed by atoms with van der Waals surface area (Å²) in [6, 6.07) is 8.77. The summed E-state index contributed by atoms with van der Waals surface area (Å²) in [6.45, 7) is 1.81. The molecule has 3 rings (SSSR count). The molecule has 1 heterocycles. The second-order valence-corrected chi connectivity index (χ2v) is 10.2. The number of aliphatic hydroxyl groups is 1. The Kier molecular flexibility index (Phi) is 8.53. The van der Waals surface area contributed by atoms with E-state index in [-0.39, 0.29) is 29.0 Å². The summed E-state index contributed by atoms with van der Waals surface area (Å²) in [7, 11) is -2.15. The van der Waals surface area contributed by atoms with E-state index in [0.717, 1.165) is 11.8 Å².